The van der Waals surface area contributed by atoms with Crippen molar-refractivity contribution in [1.29, 1.82) is 0 Å². The van der Waals surface area contributed by atoms with Gasteiger partial charge in [0, 0.05) is 41.3 Å². The van der Waals surface area contributed by atoms with Gasteiger partial charge in [-0.25, -0.2) is 9.50 Å². The van der Waals surface area contributed by atoms with Crippen molar-refractivity contribution in [3.05, 3.63) is 77.7 Å². The molecule has 0 saturated heterocycles. The quantitative estimate of drug-likeness (QED) is 0.231. The van der Waals surface area contributed by atoms with Crippen molar-refractivity contribution in [3.8, 4) is 11.5 Å². The molecule has 0 radical (unpaired) electrons. The number of Topliss-reactive ketones (excluding diaryl/α,β-unsaturated/α-hetero) is 1. The van der Waals surface area contributed by atoms with Gasteiger partial charge in [0.1, 0.15) is 11.8 Å². The Bertz CT molecular complexity index is 1510. The number of hydrogen-bond donors (Lipinski definition) is 1. The maximum Gasteiger partial charge on any atom is 0.247 e. The molecule has 184 valence electrons. The minimum Gasteiger partial charge on any atom is -0.421 e. The Labute approximate surface area is 209 Å². The standard InChI is InChI=1S/C27H29N7O2/c1-7-9-21(30-17(4)8-2)13-24(35)22-14-34-25(18(22)5)26(28-15-29-34)31-23-12-20(11-10-16(23)3)27-33-32-19(6)36-27/h8-12,14-15H,2,7,13H2,1,3-6H3,(H,28,29,31)/b21-9-,30-17?. The van der Waals surface area contributed by atoms with E-state index in [0.29, 0.717) is 23.2 Å². The van der Waals surface area contributed by atoms with Crippen LogP contribution >= 0.6 is 0 Å². The molecule has 4 rings (SSSR count). The van der Waals surface area contributed by atoms with E-state index in [9.17, 15) is 4.79 Å². The number of carbonyl (C=O) groups is 1. The average Bonchev–Trinajstić information content (AvgIpc) is 3.44. The number of fused-ring (bicyclic) bond motifs is 1. The molecule has 0 saturated carbocycles. The normalized spacial score (nSPS) is 12.2. The Balaban J connectivity index is 1.68. The molecule has 0 atom stereocenters. The number of anilines is 2. The topological polar surface area (TPSA) is 111 Å². The number of nitrogens with one attached hydrogen (secondary N) is 1. The van der Waals surface area contributed by atoms with Gasteiger partial charge in [-0.3, -0.25) is 9.79 Å². The molecule has 9 nitrogen and oxygen atoms in total. The van der Waals surface area contributed by atoms with E-state index in [4.69, 9.17) is 4.42 Å². The van der Waals surface area contributed by atoms with Gasteiger partial charge in [0.05, 0.1) is 6.42 Å². The SMILES string of the molecule is C=CC(C)=N/C(=C\CC)CC(=O)c1cn2ncnc(Nc3cc(-c4nnc(C)o4)ccc3C)c2c1C. The summed E-state index contributed by atoms with van der Waals surface area (Å²) < 4.78 is 7.26. The highest BCUT2D eigenvalue weighted by Gasteiger charge is 2.19. The second kappa shape index (κ2) is 10.5. The minimum atomic E-state index is -0.0331. The molecule has 0 aliphatic carbocycles. The van der Waals surface area contributed by atoms with Gasteiger partial charge in [-0.15, -0.1) is 10.2 Å². The van der Waals surface area contributed by atoms with Crippen molar-refractivity contribution >= 4 is 28.5 Å². The Morgan fingerprint density at radius 1 is 1.25 bits per heavy atom. The van der Waals surface area contributed by atoms with Crippen LogP contribution < -0.4 is 5.32 Å². The van der Waals surface area contributed by atoms with E-state index in [1.165, 1.54) is 6.33 Å². The second-order valence-corrected chi connectivity index (χ2v) is 8.51. The summed E-state index contributed by atoms with van der Waals surface area (Å²) in [6, 6.07) is 5.84. The largest absolute Gasteiger partial charge is 0.421 e. The Morgan fingerprint density at radius 2 is 2.06 bits per heavy atom. The number of aryl methyl sites for hydroxylation is 3. The van der Waals surface area contributed by atoms with Crippen LogP contribution in [0.2, 0.25) is 0 Å². The first kappa shape index (κ1) is 24.7. The van der Waals surface area contributed by atoms with Crippen molar-refractivity contribution in [3.63, 3.8) is 0 Å². The van der Waals surface area contributed by atoms with Crippen molar-refractivity contribution in [1.82, 2.24) is 24.8 Å². The number of aliphatic imine (C=N–C) groups is 1. The van der Waals surface area contributed by atoms with Crippen LogP contribution in [0.25, 0.3) is 17.0 Å². The van der Waals surface area contributed by atoms with Crippen molar-refractivity contribution < 1.29 is 9.21 Å². The first-order valence-corrected chi connectivity index (χ1v) is 11.7. The summed E-state index contributed by atoms with van der Waals surface area (Å²) in [6.07, 6.45) is 7.83. The van der Waals surface area contributed by atoms with E-state index < -0.39 is 0 Å². The molecule has 0 spiro atoms. The van der Waals surface area contributed by atoms with Gasteiger partial charge in [-0.2, -0.15) is 5.10 Å². The summed E-state index contributed by atoms with van der Waals surface area (Å²) in [7, 11) is 0. The van der Waals surface area contributed by atoms with Crippen LogP contribution in [-0.2, 0) is 0 Å². The smallest absolute Gasteiger partial charge is 0.247 e. The third-order valence-corrected chi connectivity index (χ3v) is 5.79. The van der Waals surface area contributed by atoms with Crippen molar-refractivity contribution in [2.45, 2.75) is 47.5 Å². The lowest BCUT2D eigenvalue weighted by atomic mass is 10.0. The molecule has 36 heavy (non-hydrogen) atoms. The lowest BCUT2D eigenvalue weighted by Crippen LogP contribution is -2.02. The molecule has 0 unspecified atom stereocenters. The Morgan fingerprint density at radius 3 is 2.75 bits per heavy atom. The molecule has 4 aromatic rings. The van der Waals surface area contributed by atoms with E-state index >= 15 is 0 Å². The summed E-state index contributed by atoms with van der Waals surface area (Å²) in [5, 5.41) is 15.8. The van der Waals surface area contributed by atoms with Crippen LogP contribution in [0.4, 0.5) is 11.5 Å². The van der Waals surface area contributed by atoms with E-state index in [-0.39, 0.29) is 12.2 Å². The summed E-state index contributed by atoms with van der Waals surface area (Å²) in [6.45, 7) is 13.3. The number of nitrogens with zero attached hydrogens (tertiary/aromatic N) is 6. The number of carbonyl (C=O) groups excluding carboxylic acids is 1. The fourth-order valence-corrected chi connectivity index (χ4v) is 3.89. The molecule has 0 bridgehead atoms. The highest BCUT2D eigenvalue weighted by molar-refractivity contribution is 6.02. The second-order valence-electron chi connectivity index (χ2n) is 8.51. The monoisotopic (exact) mass is 483 g/mol. The average molecular weight is 484 g/mol. The fraction of sp³-hybridized carbons (Fsp3) is 0.259. The first-order chi connectivity index (χ1) is 17.3. The molecule has 1 N–H and O–H groups in total. The number of benzene rings is 1. The highest BCUT2D eigenvalue weighted by Crippen LogP contribution is 2.30. The van der Waals surface area contributed by atoms with Gasteiger partial charge in [0.2, 0.25) is 11.8 Å². The third kappa shape index (κ3) is 5.14. The van der Waals surface area contributed by atoms with Crippen LogP contribution in [0.1, 0.15) is 54.1 Å². The lowest BCUT2D eigenvalue weighted by molar-refractivity contribution is 0.0992. The minimum absolute atomic E-state index is 0.0331. The number of hydrogen-bond acceptors (Lipinski definition) is 8. The van der Waals surface area contributed by atoms with Crippen LogP contribution in [-0.4, -0.2) is 36.3 Å². The lowest BCUT2D eigenvalue weighted by Gasteiger charge is -2.11. The van der Waals surface area contributed by atoms with Gasteiger partial charge in [-0.05, 0) is 56.5 Å². The van der Waals surface area contributed by atoms with Crippen LogP contribution in [0, 0.1) is 20.8 Å². The van der Waals surface area contributed by atoms with E-state index in [0.717, 1.165) is 45.7 Å². The van der Waals surface area contributed by atoms with Crippen molar-refractivity contribution in [2.75, 3.05) is 5.32 Å². The van der Waals surface area contributed by atoms with E-state index in [1.54, 1.807) is 23.7 Å². The van der Waals surface area contributed by atoms with Gasteiger partial charge in [-0.1, -0.05) is 25.6 Å². The molecule has 3 aromatic heterocycles. The van der Waals surface area contributed by atoms with Crippen LogP contribution in [0.5, 0.6) is 0 Å². The maximum absolute atomic E-state index is 13.3. The summed E-state index contributed by atoms with van der Waals surface area (Å²) in [5.41, 5.74) is 6.24. The Kier molecular flexibility index (Phi) is 7.19. The molecule has 1 aromatic carbocycles. The van der Waals surface area contributed by atoms with Crippen LogP contribution in [0.15, 0.2) is 64.6 Å². The molecule has 0 aliphatic heterocycles. The van der Waals surface area contributed by atoms with Gasteiger partial charge in [0.15, 0.2) is 11.6 Å². The van der Waals surface area contributed by atoms with Gasteiger partial charge in [0.25, 0.3) is 0 Å². The number of ketones is 1. The first-order valence-electron chi connectivity index (χ1n) is 11.7. The zero-order valence-corrected chi connectivity index (χ0v) is 21.2. The molecule has 0 fully saturated rings. The molecule has 0 aliphatic rings. The third-order valence-electron chi connectivity index (χ3n) is 5.79. The highest BCUT2D eigenvalue weighted by atomic mass is 16.4. The fourth-order valence-electron chi connectivity index (χ4n) is 3.89. The van der Waals surface area contributed by atoms with Gasteiger partial charge >= 0.3 is 0 Å². The zero-order valence-electron chi connectivity index (χ0n) is 21.2. The summed E-state index contributed by atoms with van der Waals surface area (Å²) in [4.78, 5) is 22.3. The maximum atomic E-state index is 13.3. The zero-order chi connectivity index (χ0) is 25.8. The molecular formula is C27H29N7O2. The molecule has 9 heteroatoms. The molecule has 0 amide bonds. The van der Waals surface area contributed by atoms with E-state index in [1.807, 2.05) is 52.0 Å². The Hall–Kier alpha value is -4.40. The van der Waals surface area contributed by atoms with Crippen molar-refractivity contribution in [2.24, 2.45) is 4.99 Å². The number of allylic oxidation sites excluding steroid dienone is 3. The number of rotatable bonds is 9. The molecule has 3 heterocycles. The number of aromatic nitrogens is 5. The predicted molar refractivity (Wildman–Crippen MR) is 141 cm³/mol. The summed E-state index contributed by atoms with van der Waals surface area (Å²) in [5.74, 6) is 1.50. The molecular weight excluding hydrogens is 454 g/mol. The predicted octanol–water partition coefficient (Wildman–Crippen LogP) is 5.96. The van der Waals surface area contributed by atoms with Crippen LogP contribution in [0.3, 0.4) is 0 Å². The van der Waals surface area contributed by atoms with E-state index in [2.05, 4.69) is 37.2 Å². The van der Waals surface area contributed by atoms with Gasteiger partial charge < -0.3 is 9.73 Å². The summed E-state index contributed by atoms with van der Waals surface area (Å²) >= 11 is 0.